The molecule has 21 heavy (non-hydrogen) atoms. The molecule has 0 saturated heterocycles. The third-order valence-corrected chi connectivity index (χ3v) is 6.43. The van der Waals surface area contributed by atoms with Gasteiger partial charge in [0.15, 0.2) is 9.84 Å². The van der Waals surface area contributed by atoms with Gasteiger partial charge in [0, 0.05) is 0 Å². The minimum Gasteiger partial charge on any atom is -0.223 e. The van der Waals surface area contributed by atoms with E-state index in [2.05, 4.69) is 14.3 Å². The van der Waals surface area contributed by atoms with Crippen molar-refractivity contribution < 1.29 is 22.7 Å². The molecule has 0 unspecified atom stereocenters. The maximum atomic E-state index is 12.1. The number of hydrogen-bond donors (Lipinski definition) is 0. The summed E-state index contributed by atoms with van der Waals surface area (Å²) in [5.74, 6) is 0.573. The van der Waals surface area contributed by atoms with Gasteiger partial charge in [-0.2, -0.15) is 0 Å². The van der Waals surface area contributed by atoms with E-state index in [1.54, 1.807) is 12.1 Å². The van der Waals surface area contributed by atoms with E-state index in [0.29, 0.717) is 22.9 Å². The second-order valence-corrected chi connectivity index (χ2v) is 8.07. The Hall–Kier alpha value is -0.600. The third kappa shape index (κ3) is 4.96. The van der Waals surface area contributed by atoms with Gasteiger partial charge in [0.2, 0.25) is 0 Å². The molecule has 0 radical (unpaired) electrons. The maximum Gasteiger partial charge on any atom is 0.190 e. The topological polar surface area (TPSA) is 61.8 Å². The monoisotopic (exact) mass is 332 g/mol. The van der Waals surface area contributed by atoms with Crippen molar-refractivity contribution >= 4 is 21.9 Å². The largest absolute Gasteiger partial charge is 0.223 e. The second-order valence-electron chi connectivity index (χ2n) is 5.06. The van der Waals surface area contributed by atoms with Gasteiger partial charge in [0.25, 0.3) is 0 Å². The molecule has 118 valence electrons. The molecular weight excluding hydrogens is 312 g/mol. The smallest absolute Gasteiger partial charge is 0.190 e. The fourth-order valence-corrected chi connectivity index (χ4v) is 4.44. The lowest BCUT2D eigenvalue weighted by atomic mass is 9.84. The SMILES string of the molecule is COOOSCS(=O)(=O)c1ccc(C2CCCCC2)cc1. The fourth-order valence-electron chi connectivity index (χ4n) is 2.58. The molecule has 0 spiro atoms. The number of hydrogen-bond acceptors (Lipinski definition) is 6. The summed E-state index contributed by atoms with van der Waals surface area (Å²) in [6.07, 6.45) is 6.23. The zero-order chi connectivity index (χ0) is 15.1. The van der Waals surface area contributed by atoms with Crippen LogP contribution in [0.1, 0.15) is 43.6 Å². The van der Waals surface area contributed by atoms with Gasteiger partial charge in [0.1, 0.15) is 5.08 Å². The van der Waals surface area contributed by atoms with Crippen LogP contribution in [0, 0.1) is 0 Å². The first-order valence-electron chi connectivity index (χ1n) is 6.95. The Morgan fingerprint density at radius 3 is 2.43 bits per heavy atom. The van der Waals surface area contributed by atoms with Crippen LogP contribution in [0.2, 0.25) is 0 Å². The predicted octanol–water partition coefficient (Wildman–Crippen LogP) is 3.62. The summed E-state index contributed by atoms with van der Waals surface area (Å²) in [6.45, 7) is 0. The Kier molecular flexibility index (Phi) is 6.50. The molecule has 0 N–H and O–H groups in total. The summed E-state index contributed by atoms with van der Waals surface area (Å²) < 4.78 is 28.6. The highest BCUT2D eigenvalue weighted by Crippen LogP contribution is 2.33. The van der Waals surface area contributed by atoms with E-state index in [4.69, 9.17) is 0 Å². The molecule has 1 aromatic carbocycles. The van der Waals surface area contributed by atoms with Crippen LogP contribution in [0.4, 0.5) is 0 Å². The molecule has 1 aliphatic carbocycles. The quantitative estimate of drug-likeness (QED) is 0.329. The molecule has 0 bridgehead atoms. The first-order chi connectivity index (χ1) is 10.1. The second kappa shape index (κ2) is 8.14. The molecule has 2 rings (SSSR count). The zero-order valence-corrected chi connectivity index (χ0v) is 13.6. The van der Waals surface area contributed by atoms with E-state index in [1.165, 1.54) is 44.8 Å². The minimum absolute atomic E-state index is 0.223. The lowest BCUT2D eigenvalue weighted by Gasteiger charge is -2.22. The lowest BCUT2D eigenvalue weighted by Crippen LogP contribution is -2.07. The molecule has 0 aliphatic heterocycles. The van der Waals surface area contributed by atoms with E-state index >= 15 is 0 Å². The molecule has 5 nitrogen and oxygen atoms in total. The Balaban J connectivity index is 1.97. The number of sulfone groups is 1. The van der Waals surface area contributed by atoms with Crippen LogP contribution in [-0.4, -0.2) is 20.6 Å². The maximum absolute atomic E-state index is 12.1. The van der Waals surface area contributed by atoms with Crippen molar-refractivity contribution in [3.05, 3.63) is 29.8 Å². The van der Waals surface area contributed by atoms with Crippen molar-refractivity contribution in [3.8, 4) is 0 Å². The van der Waals surface area contributed by atoms with Gasteiger partial charge in [-0.1, -0.05) is 36.4 Å². The molecule has 0 amide bonds. The van der Waals surface area contributed by atoms with Gasteiger partial charge in [0.05, 0.1) is 24.0 Å². The van der Waals surface area contributed by atoms with Crippen molar-refractivity contribution in [1.82, 2.24) is 0 Å². The van der Waals surface area contributed by atoms with Crippen molar-refractivity contribution in [2.24, 2.45) is 0 Å². The zero-order valence-electron chi connectivity index (χ0n) is 12.0. The standard InChI is InChI=1S/C14H20O5S2/c1-17-18-19-20-11-21(15,16)14-9-7-13(8-10-14)12-5-3-2-4-6-12/h7-10,12H,2-6,11H2,1H3. The van der Waals surface area contributed by atoms with Crippen molar-refractivity contribution in [3.63, 3.8) is 0 Å². The normalized spacial score (nSPS) is 17.0. The van der Waals surface area contributed by atoms with Crippen LogP contribution in [0.3, 0.4) is 0 Å². The predicted molar refractivity (Wildman–Crippen MR) is 81.1 cm³/mol. The van der Waals surface area contributed by atoms with E-state index in [-0.39, 0.29) is 5.08 Å². The summed E-state index contributed by atoms with van der Waals surface area (Å²) in [5.41, 5.74) is 1.24. The third-order valence-electron chi connectivity index (χ3n) is 3.66. The van der Waals surface area contributed by atoms with E-state index in [9.17, 15) is 8.42 Å². The molecule has 0 aromatic heterocycles. The van der Waals surface area contributed by atoms with Crippen LogP contribution >= 0.6 is 12.0 Å². The van der Waals surface area contributed by atoms with Gasteiger partial charge in [-0.05, 0) is 36.5 Å². The van der Waals surface area contributed by atoms with Crippen LogP contribution in [-0.2, 0) is 24.1 Å². The molecule has 7 heteroatoms. The summed E-state index contributed by atoms with van der Waals surface area (Å²) in [7, 11) is -2.11. The Bertz CT molecular complexity index is 521. The highest BCUT2D eigenvalue weighted by molar-refractivity contribution is 8.09. The Morgan fingerprint density at radius 1 is 1.14 bits per heavy atom. The van der Waals surface area contributed by atoms with E-state index in [1.807, 2.05) is 12.1 Å². The highest BCUT2D eigenvalue weighted by atomic mass is 32.3. The van der Waals surface area contributed by atoms with Gasteiger partial charge < -0.3 is 0 Å². The average Bonchev–Trinajstić information content (AvgIpc) is 2.53. The van der Waals surface area contributed by atoms with E-state index in [0.717, 1.165) is 0 Å². The van der Waals surface area contributed by atoms with Gasteiger partial charge >= 0.3 is 0 Å². The fraction of sp³-hybridized carbons (Fsp3) is 0.571. The van der Waals surface area contributed by atoms with Crippen LogP contribution < -0.4 is 0 Å². The van der Waals surface area contributed by atoms with Crippen LogP contribution in [0.15, 0.2) is 29.2 Å². The lowest BCUT2D eigenvalue weighted by molar-refractivity contribution is -0.447. The number of benzene rings is 1. The van der Waals surface area contributed by atoms with Crippen LogP contribution in [0.25, 0.3) is 0 Å². The summed E-state index contributed by atoms with van der Waals surface area (Å²) in [4.78, 5) is 4.51. The minimum atomic E-state index is -3.39. The van der Waals surface area contributed by atoms with Gasteiger partial charge in [-0.25, -0.2) is 13.3 Å². The Morgan fingerprint density at radius 2 is 1.81 bits per heavy atom. The first-order valence-corrected chi connectivity index (χ1v) is 9.51. The average molecular weight is 332 g/mol. The first kappa shape index (κ1) is 16.8. The van der Waals surface area contributed by atoms with Crippen molar-refractivity contribution in [2.45, 2.75) is 42.9 Å². The molecule has 1 aliphatic rings. The highest BCUT2D eigenvalue weighted by Gasteiger charge is 2.18. The summed E-state index contributed by atoms with van der Waals surface area (Å²) in [5, 5.41) is 3.94. The van der Waals surface area contributed by atoms with Crippen LogP contribution in [0.5, 0.6) is 0 Å². The van der Waals surface area contributed by atoms with E-state index < -0.39 is 9.84 Å². The molecule has 1 aromatic rings. The van der Waals surface area contributed by atoms with Crippen molar-refractivity contribution in [2.75, 3.05) is 12.2 Å². The number of rotatable bonds is 7. The summed E-state index contributed by atoms with van der Waals surface area (Å²) >= 11 is 0.677. The van der Waals surface area contributed by atoms with Gasteiger partial charge in [-0.15, -0.1) is 4.33 Å². The molecule has 0 heterocycles. The molecule has 1 fully saturated rings. The Labute approximate surface area is 130 Å². The molecule has 0 atom stereocenters. The van der Waals surface area contributed by atoms with Gasteiger partial charge in [-0.3, -0.25) is 0 Å². The molecular formula is C14H20O5S2. The molecule has 1 saturated carbocycles. The van der Waals surface area contributed by atoms with Crippen molar-refractivity contribution in [1.29, 1.82) is 0 Å². The summed E-state index contributed by atoms with van der Waals surface area (Å²) in [6, 6.07) is 7.22.